The monoisotopic (exact) mass is 347 g/mol. The Balaban J connectivity index is 1.45. The van der Waals surface area contributed by atoms with E-state index in [1.54, 1.807) is 24.3 Å². The van der Waals surface area contributed by atoms with Gasteiger partial charge in [0.25, 0.3) is 5.91 Å². The molecule has 3 fully saturated rings. The number of carbonyl (C=O) groups excluding carboxylic acids is 1. The van der Waals surface area contributed by atoms with E-state index in [0.29, 0.717) is 23.1 Å². The Morgan fingerprint density at radius 2 is 1.96 bits per heavy atom. The van der Waals surface area contributed by atoms with E-state index in [1.165, 1.54) is 31.9 Å². The molecule has 3 saturated carbocycles. The SMILES string of the molecule is CS(=O)(=O)Cc1cccc(C(=O)NC2CC3CC2C2CCCC32)c1. The lowest BCUT2D eigenvalue weighted by Gasteiger charge is -2.32. The fourth-order valence-corrected chi connectivity index (χ4v) is 6.38. The molecule has 0 radical (unpaired) electrons. The standard InChI is InChI=1S/C19H25NO3S/c1-24(22,23)11-12-4-2-5-13(8-12)19(21)20-18-10-14-9-17(18)16-7-3-6-15(14)16/h2,4-5,8,14-18H,3,6-7,9-11H2,1H3,(H,20,21). The number of sulfone groups is 1. The van der Waals surface area contributed by atoms with E-state index in [0.717, 1.165) is 24.2 Å². The number of benzene rings is 1. The molecule has 1 aromatic carbocycles. The number of nitrogens with one attached hydrogen (secondary N) is 1. The smallest absolute Gasteiger partial charge is 0.251 e. The van der Waals surface area contributed by atoms with Gasteiger partial charge in [-0.15, -0.1) is 0 Å². The summed E-state index contributed by atoms with van der Waals surface area (Å²) >= 11 is 0. The maximum Gasteiger partial charge on any atom is 0.251 e. The van der Waals surface area contributed by atoms with Gasteiger partial charge in [-0.1, -0.05) is 18.6 Å². The Kier molecular flexibility index (Phi) is 3.94. The van der Waals surface area contributed by atoms with Crippen molar-refractivity contribution in [2.24, 2.45) is 23.7 Å². The fraction of sp³-hybridized carbons (Fsp3) is 0.632. The molecular weight excluding hydrogens is 322 g/mol. The number of carbonyl (C=O) groups is 1. The summed E-state index contributed by atoms with van der Waals surface area (Å²) in [5.74, 6) is 3.13. The van der Waals surface area contributed by atoms with Crippen LogP contribution in [0.5, 0.6) is 0 Å². The highest BCUT2D eigenvalue weighted by atomic mass is 32.2. The predicted octanol–water partition coefficient (Wildman–Crippen LogP) is 2.79. The zero-order valence-electron chi connectivity index (χ0n) is 14.1. The maximum absolute atomic E-state index is 12.6. The minimum atomic E-state index is -3.09. The number of amides is 1. The van der Waals surface area contributed by atoms with Crippen LogP contribution in [0.25, 0.3) is 0 Å². The minimum Gasteiger partial charge on any atom is -0.349 e. The first-order valence-corrected chi connectivity index (χ1v) is 11.0. The van der Waals surface area contributed by atoms with Gasteiger partial charge in [0.05, 0.1) is 5.75 Å². The van der Waals surface area contributed by atoms with Crippen molar-refractivity contribution in [3.8, 4) is 0 Å². The molecule has 5 atom stereocenters. The van der Waals surface area contributed by atoms with E-state index in [2.05, 4.69) is 5.32 Å². The highest BCUT2D eigenvalue weighted by Crippen LogP contribution is 2.58. The van der Waals surface area contributed by atoms with Gasteiger partial charge in [-0.3, -0.25) is 4.79 Å². The van der Waals surface area contributed by atoms with Crippen LogP contribution in [0.2, 0.25) is 0 Å². The van der Waals surface area contributed by atoms with Gasteiger partial charge >= 0.3 is 0 Å². The van der Waals surface area contributed by atoms with Crippen molar-refractivity contribution in [2.75, 3.05) is 6.26 Å². The Hall–Kier alpha value is -1.36. The van der Waals surface area contributed by atoms with Gasteiger partial charge in [-0.2, -0.15) is 0 Å². The van der Waals surface area contributed by atoms with Gasteiger partial charge in [-0.25, -0.2) is 8.42 Å². The summed E-state index contributed by atoms with van der Waals surface area (Å²) in [6.45, 7) is 0. The van der Waals surface area contributed by atoms with Gasteiger partial charge in [-0.05, 0) is 67.1 Å². The summed E-state index contributed by atoms with van der Waals surface area (Å²) in [6, 6.07) is 7.32. The van der Waals surface area contributed by atoms with Crippen molar-refractivity contribution in [3.63, 3.8) is 0 Å². The number of fused-ring (bicyclic) bond motifs is 5. The molecule has 5 unspecified atom stereocenters. The summed E-state index contributed by atoms with van der Waals surface area (Å²) in [6.07, 6.45) is 7.71. The lowest BCUT2D eigenvalue weighted by atomic mass is 9.79. The quantitative estimate of drug-likeness (QED) is 0.911. The summed E-state index contributed by atoms with van der Waals surface area (Å²) in [4.78, 5) is 12.6. The number of hydrogen-bond donors (Lipinski definition) is 1. The minimum absolute atomic E-state index is 0.0218. The van der Waals surface area contributed by atoms with Crippen molar-refractivity contribution in [1.29, 1.82) is 0 Å². The summed E-state index contributed by atoms with van der Waals surface area (Å²) in [5.41, 5.74) is 1.25. The molecule has 0 heterocycles. The van der Waals surface area contributed by atoms with Crippen molar-refractivity contribution >= 4 is 15.7 Å². The lowest BCUT2D eigenvalue weighted by Crippen LogP contribution is -2.42. The molecule has 4 nitrogen and oxygen atoms in total. The van der Waals surface area contributed by atoms with Crippen molar-refractivity contribution in [2.45, 2.75) is 43.9 Å². The van der Waals surface area contributed by atoms with Crippen LogP contribution in [-0.2, 0) is 15.6 Å². The number of rotatable bonds is 4. The molecule has 1 N–H and O–H groups in total. The van der Waals surface area contributed by atoms with Gasteiger partial charge in [0.15, 0.2) is 9.84 Å². The van der Waals surface area contributed by atoms with Crippen LogP contribution in [-0.4, -0.2) is 26.6 Å². The largest absolute Gasteiger partial charge is 0.349 e. The van der Waals surface area contributed by atoms with E-state index in [-0.39, 0.29) is 11.7 Å². The normalized spacial score (nSPS) is 34.3. The molecule has 130 valence electrons. The van der Waals surface area contributed by atoms with E-state index >= 15 is 0 Å². The number of hydrogen-bond acceptors (Lipinski definition) is 3. The fourth-order valence-electron chi connectivity index (χ4n) is 5.59. The molecule has 5 heteroatoms. The first-order chi connectivity index (χ1) is 11.4. The molecule has 1 aromatic rings. The first-order valence-electron chi connectivity index (χ1n) is 8.98. The molecule has 4 rings (SSSR count). The van der Waals surface area contributed by atoms with E-state index in [9.17, 15) is 13.2 Å². The van der Waals surface area contributed by atoms with E-state index < -0.39 is 9.84 Å². The summed E-state index contributed by atoms with van der Waals surface area (Å²) in [5, 5.41) is 3.24. The summed E-state index contributed by atoms with van der Waals surface area (Å²) in [7, 11) is -3.09. The Bertz CT molecular complexity index is 758. The Morgan fingerprint density at radius 1 is 1.17 bits per heavy atom. The van der Waals surface area contributed by atoms with Crippen molar-refractivity contribution in [1.82, 2.24) is 5.32 Å². The van der Waals surface area contributed by atoms with Gasteiger partial charge < -0.3 is 5.32 Å². The Morgan fingerprint density at radius 3 is 2.75 bits per heavy atom. The average molecular weight is 347 g/mol. The third-order valence-corrected chi connectivity index (χ3v) is 7.22. The Labute approximate surface area is 143 Å². The van der Waals surface area contributed by atoms with Crippen LogP contribution in [0.4, 0.5) is 0 Å². The summed E-state index contributed by atoms with van der Waals surface area (Å²) < 4.78 is 22.9. The maximum atomic E-state index is 12.6. The van der Waals surface area contributed by atoms with E-state index in [1.807, 2.05) is 0 Å². The third-order valence-electron chi connectivity index (χ3n) is 6.36. The van der Waals surface area contributed by atoms with Crippen LogP contribution in [0, 0.1) is 23.7 Å². The van der Waals surface area contributed by atoms with Crippen LogP contribution in [0.3, 0.4) is 0 Å². The molecule has 1 amide bonds. The molecule has 3 aliphatic carbocycles. The molecule has 0 spiro atoms. The third kappa shape index (κ3) is 2.99. The first kappa shape index (κ1) is 16.1. The molecule has 2 bridgehead atoms. The van der Waals surface area contributed by atoms with Gasteiger partial charge in [0.1, 0.15) is 0 Å². The zero-order valence-corrected chi connectivity index (χ0v) is 14.9. The second kappa shape index (κ2) is 5.87. The van der Waals surface area contributed by atoms with Crippen LogP contribution in [0.15, 0.2) is 24.3 Å². The molecule has 0 saturated heterocycles. The van der Waals surface area contributed by atoms with Gasteiger partial charge in [0, 0.05) is 17.9 Å². The lowest BCUT2D eigenvalue weighted by molar-refractivity contribution is 0.0901. The predicted molar refractivity (Wildman–Crippen MR) is 93.3 cm³/mol. The molecular formula is C19H25NO3S. The highest BCUT2D eigenvalue weighted by Gasteiger charge is 2.54. The second-order valence-electron chi connectivity index (χ2n) is 8.00. The zero-order chi connectivity index (χ0) is 16.9. The second-order valence-corrected chi connectivity index (χ2v) is 10.1. The molecule has 3 aliphatic rings. The van der Waals surface area contributed by atoms with Crippen molar-refractivity contribution in [3.05, 3.63) is 35.4 Å². The van der Waals surface area contributed by atoms with Crippen molar-refractivity contribution < 1.29 is 13.2 Å². The molecule has 0 aromatic heterocycles. The van der Waals surface area contributed by atoms with E-state index in [4.69, 9.17) is 0 Å². The average Bonchev–Trinajstić information content (AvgIpc) is 3.18. The molecule has 0 aliphatic heterocycles. The van der Waals surface area contributed by atoms with Crippen LogP contribution in [0.1, 0.15) is 48.0 Å². The highest BCUT2D eigenvalue weighted by molar-refractivity contribution is 7.89. The van der Waals surface area contributed by atoms with Crippen LogP contribution < -0.4 is 5.32 Å². The van der Waals surface area contributed by atoms with Gasteiger partial charge in [0.2, 0.25) is 0 Å². The topological polar surface area (TPSA) is 63.2 Å². The molecule has 24 heavy (non-hydrogen) atoms. The van der Waals surface area contributed by atoms with Crippen LogP contribution >= 0.6 is 0 Å².